The number of nitrogens with one attached hydrogen (secondary N) is 1. The maximum Gasteiger partial charge on any atom is 0.272 e. The minimum atomic E-state index is -0.227. The fourth-order valence-electron chi connectivity index (χ4n) is 2.92. The maximum absolute atomic E-state index is 12.9. The van der Waals surface area contributed by atoms with Crippen molar-refractivity contribution in [1.29, 1.82) is 0 Å². The molecule has 3 rings (SSSR count). The number of rotatable bonds is 8. The summed E-state index contributed by atoms with van der Waals surface area (Å²) >= 11 is 0. The molecule has 4 nitrogen and oxygen atoms in total. The molecule has 0 spiro atoms. The van der Waals surface area contributed by atoms with Gasteiger partial charge in [-0.2, -0.15) is 0 Å². The van der Waals surface area contributed by atoms with E-state index in [1.54, 1.807) is 29.3 Å². The third kappa shape index (κ3) is 5.39. The van der Waals surface area contributed by atoms with E-state index in [1.165, 1.54) is 12.1 Å². The van der Waals surface area contributed by atoms with Crippen LogP contribution in [0.4, 0.5) is 10.1 Å². The summed E-state index contributed by atoms with van der Waals surface area (Å²) in [5.74, 6) is -0.307. The molecule has 0 aliphatic heterocycles. The van der Waals surface area contributed by atoms with E-state index in [0.29, 0.717) is 25.3 Å². The second-order valence-electron chi connectivity index (χ2n) is 6.54. The van der Waals surface area contributed by atoms with Gasteiger partial charge in [0.2, 0.25) is 0 Å². The molecule has 0 saturated heterocycles. The molecule has 5 heteroatoms. The van der Waals surface area contributed by atoms with E-state index in [-0.39, 0.29) is 11.7 Å². The molecule has 0 fully saturated rings. The second-order valence-corrected chi connectivity index (χ2v) is 6.54. The van der Waals surface area contributed by atoms with Crippen molar-refractivity contribution >= 4 is 11.6 Å². The number of aromatic nitrogens is 1. The number of amides is 1. The van der Waals surface area contributed by atoms with Gasteiger partial charge >= 0.3 is 0 Å². The molecule has 1 amide bonds. The van der Waals surface area contributed by atoms with Crippen molar-refractivity contribution in [2.45, 2.75) is 19.9 Å². The summed E-state index contributed by atoms with van der Waals surface area (Å²) in [7, 11) is 0. The monoisotopic (exact) mass is 377 g/mol. The van der Waals surface area contributed by atoms with Gasteiger partial charge in [0.25, 0.3) is 5.91 Å². The molecule has 2 aromatic carbocycles. The largest absolute Gasteiger partial charge is 0.383 e. The van der Waals surface area contributed by atoms with Crippen LogP contribution in [-0.2, 0) is 13.0 Å². The number of nitrogens with zero attached hydrogens (tertiary/aromatic N) is 2. The quantitative estimate of drug-likeness (QED) is 0.627. The van der Waals surface area contributed by atoms with Crippen LogP contribution in [-0.4, -0.2) is 28.9 Å². The number of hydrogen-bond donors (Lipinski definition) is 1. The predicted molar refractivity (Wildman–Crippen MR) is 110 cm³/mol. The van der Waals surface area contributed by atoms with E-state index >= 15 is 0 Å². The average molecular weight is 377 g/mol. The molecular formula is C23H24FN3O. The van der Waals surface area contributed by atoms with Gasteiger partial charge in [0.05, 0.1) is 11.9 Å². The zero-order valence-electron chi connectivity index (χ0n) is 15.9. The third-order valence-corrected chi connectivity index (χ3v) is 4.52. The Bertz CT molecular complexity index is 880. The second kappa shape index (κ2) is 9.65. The van der Waals surface area contributed by atoms with Crippen molar-refractivity contribution in [2.24, 2.45) is 0 Å². The van der Waals surface area contributed by atoms with Crippen molar-refractivity contribution < 1.29 is 9.18 Å². The minimum absolute atomic E-state index is 0.0794. The number of halogens is 1. The summed E-state index contributed by atoms with van der Waals surface area (Å²) in [6.45, 7) is 3.85. The Morgan fingerprint density at radius 1 is 1.00 bits per heavy atom. The normalized spacial score (nSPS) is 10.5. The van der Waals surface area contributed by atoms with Crippen molar-refractivity contribution in [3.63, 3.8) is 0 Å². The molecule has 1 N–H and O–H groups in total. The first kappa shape index (κ1) is 19.5. The summed E-state index contributed by atoms with van der Waals surface area (Å²) in [5.41, 5.74) is 3.44. The van der Waals surface area contributed by atoms with E-state index in [2.05, 4.69) is 10.3 Å². The average Bonchev–Trinajstić information content (AvgIpc) is 2.74. The molecule has 28 heavy (non-hydrogen) atoms. The summed E-state index contributed by atoms with van der Waals surface area (Å²) in [5, 5.41) is 3.28. The first-order valence-corrected chi connectivity index (χ1v) is 9.43. The summed E-state index contributed by atoms with van der Waals surface area (Å²) in [6.07, 6.45) is 2.45. The van der Waals surface area contributed by atoms with Crippen LogP contribution in [0, 0.1) is 5.82 Å². The Morgan fingerprint density at radius 3 is 2.39 bits per heavy atom. The van der Waals surface area contributed by atoms with E-state index in [4.69, 9.17) is 0 Å². The zero-order valence-corrected chi connectivity index (χ0v) is 15.9. The SMILES string of the molecule is CCN(Cc1ccccc1)C(=O)c1ccc(NCCc2ccc(F)cc2)cn1. The van der Waals surface area contributed by atoms with Crippen LogP contribution >= 0.6 is 0 Å². The van der Waals surface area contributed by atoms with E-state index in [1.807, 2.05) is 43.3 Å². The van der Waals surface area contributed by atoms with Crippen LogP contribution in [0.25, 0.3) is 0 Å². The van der Waals surface area contributed by atoms with Gasteiger partial charge in [0.15, 0.2) is 0 Å². The van der Waals surface area contributed by atoms with Crippen LogP contribution in [0.5, 0.6) is 0 Å². The van der Waals surface area contributed by atoms with Crippen molar-refractivity contribution in [3.8, 4) is 0 Å². The number of carbonyl (C=O) groups excluding carboxylic acids is 1. The molecule has 0 saturated carbocycles. The molecule has 0 aliphatic carbocycles. The zero-order chi connectivity index (χ0) is 19.8. The van der Waals surface area contributed by atoms with Crippen LogP contribution in [0.15, 0.2) is 72.9 Å². The van der Waals surface area contributed by atoms with E-state index in [9.17, 15) is 9.18 Å². The highest BCUT2D eigenvalue weighted by atomic mass is 19.1. The maximum atomic E-state index is 12.9. The minimum Gasteiger partial charge on any atom is -0.383 e. The van der Waals surface area contributed by atoms with Gasteiger partial charge in [-0.15, -0.1) is 0 Å². The number of pyridine rings is 1. The first-order valence-electron chi connectivity index (χ1n) is 9.43. The van der Waals surface area contributed by atoms with Gasteiger partial charge in [-0.05, 0) is 48.7 Å². The highest BCUT2D eigenvalue weighted by Gasteiger charge is 2.15. The molecular weight excluding hydrogens is 353 g/mol. The van der Waals surface area contributed by atoms with E-state index < -0.39 is 0 Å². The fraction of sp³-hybridized carbons (Fsp3) is 0.217. The highest BCUT2D eigenvalue weighted by Crippen LogP contribution is 2.12. The topological polar surface area (TPSA) is 45.2 Å². The molecule has 1 heterocycles. The Labute approximate surface area is 165 Å². The first-order chi connectivity index (χ1) is 13.7. The third-order valence-electron chi connectivity index (χ3n) is 4.52. The lowest BCUT2D eigenvalue weighted by Crippen LogP contribution is -2.30. The summed E-state index contributed by atoms with van der Waals surface area (Å²) < 4.78 is 12.9. The summed E-state index contributed by atoms with van der Waals surface area (Å²) in [4.78, 5) is 18.8. The van der Waals surface area contributed by atoms with Crippen LogP contribution in [0.1, 0.15) is 28.5 Å². The van der Waals surface area contributed by atoms with Gasteiger partial charge < -0.3 is 10.2 Å². The smallest absolute Gasteiger partial charge is 0.272 e. The Balaban J connectivity index is 1.55. The molecule has 0 bridgehead atoms. The van der Waals surface area contributed by atoms with Gasteiger partial charge in [-0.1, -0.05) is 42.5 Å². The molecule has 0 aliphatic rings. The lowest BCUT2D eigenvalue weighted by atomic mass is 10.1. The molecule has 144 valence electrons. The number of anilines is 1. The predicted octanol–water partition coefficient (Wildman–Crippen LogP) is 4.54. The molecule has 0 atom stereocenters. The Morgan fingerprint density at radius 2 is 1.75 bits per heavy atom. The Kier molecular flexibility index (Phi) is 6.73. The molecule has 3 aromatic rings. The summed E-state index contributed by atoms with van der Waals surface area (Å²) in [6, 6.07) is 20.0. The molecule has 0 unspecified atom stereocenters. The van der Waals surface area contributed by atoms with Crippen LogP contribution < -0.4 is 5.32 Å². The van der Waals surface area contributed by atoms with Gasteiger partial charge in [-0.25, -0.2) is 9.37 Å². The van der Waals surface area contributed by atoms with Gasteiger partial charge in [0.1, 0.15) is 11.5 Å². The fourth-order valence-corrected chi connectivity index (χ4v) is 2.92. The molecule has 0 radical (unpaired) electrons. The molecule has 1 aromatic heterocycles. The number of carbonyl (C=O) groups is 1. The van der Waals surface area contributed by atoms with Crippen LogP contribution in [0.3, 0.4) is 0 Å². The van der Waals surface area contributed by atoms with Crippen LogP contribution in [0.2, 0.25) is 0 Å². The lowest BCUT2D eigenvalue weighted by Gasteiger charge is -2.20. The van der Waals surface area contributed by atoms with E-state index in [0.717, 1.165) is 23.2 Å². The van der Waals surface area contributed by atoms with Crippen molar-refractivity contribution in [1.82, 2.24) is 9.88 Å². The Hall–Kier alpha value is -3.21. The number of hydrogen-bond acceptors (Lipinski definition) is 3. The lowest BCUT2D eigenvalue weighted by molar-refractivity contribution is 0.0746. The standard InChI is InChI=1S/C23H24FN3O/c1-2-27(17-19-6-4-3-5-7-19)23(28)22-13-12-21(16-26-22)25-15-14-18-8-10-20(24)11-9-18/h3-13,16,25H,2,14-15,17H2,1H3. The van der Waals surface area contributed by atoms with Crippen molar-refractivity contribution in [2.75, 3.05) is 18.4 Å². The van der Waals surface area contributed by atoms with Gasteiger partial charge in [-0.3, -0.25) is 4.79 Å². The van der Waals surface area contributed by atoms with Gasteiger partial charge in [0, 0.05) is 19.6 Å². The number of benzene rings is 2. The highest BCUT2D eigenvalue weighted by molar-refractivity contribution is 5.92. The van der Waals surface area contributed by atoms with Crippen molar-refractivity contribution in [3.05, 3.63) is 95.6 Å².